The van der Waals surface area contributed by atoms with Crippen LogP contribution in [-0.2, 0) is 6.54 Å². The smallest absolute Gasteiger partial charge is 0.0271 e. The van der Waals surface area contributed by atoms with Crippen molar-refractivity contribution in [3.63, 3.8) is 0 Å². The van der Waals surface area contributed by atoms with E-state index in [0.717, 1.165) is 6.54 Å². The summed E-state index contributed by atoms with van der Waals surface area (Å²) in [5, 5.41) is 3.72. The van der Waals surface area contributed by atoms with Crippen molar-refractivity contribution in [1.29, 1.82) is 0 Å². The normalized spacial score (nSPS) is 22.9. The summed E-state index contributed by atoms with van der Waals surface area (Å²) < 4.78 is 0. The van der Waals surface area contributed by atoms with Gasteiger partial charge in [0.15, 0.2) is 0 Å². The molecule has 1 aromatic rings. The lowest BCUT2D eigenvalue weighted by atomic mass is 9.63. The van der Waals surface area contributed by atoms with Gasteiger partial charge in [-0.25, -0.2) is 0 Å². The van der Waals surface area contributed by atoms with Crippen LogP contribution in [-0.4, -0.2) is 11.0 Å². The molecule has 18 heavy (non-hydrogen) atoms. The zero-order chi connectivity index (χ0) is 13.2. The van der Waals surface area contributed by atoms with Crippen LogP contribution in [0.15, 0.2) is 24.5 Å². The fraction of sp³-hybridized carbons (Fsp3) is 0.688. The Hall–Kier alpha value is -0.890. The molecule has 0 aromatic carbocycles. The van der Waals surface area contributed by atoms with E-state index >= 15 is 0 Å². The van der Waals surface area contributed by atoms with Crippen LogP contribution in [0.25, 0.3) is 0 Å². The van der Waals surface area contributed by atoms with Gasteiger partial charge < -0.3 is 5.32 Å². The molecule has 100 valence electrons. The lowest BCUT2D eigenvalue weighted by Crippen LogP contribution is -2.43. The quantitative estimate of drug-likeness (QED) is 0.878. The molecule has 1 heterocycles. The molecule has 0 bridgehead atoms. The summed E-state index contributed by atoms with van der Waals surface area (Å²) in [6, 6.07) is 4.81. The maximum atomic E-state index is 4.06. The van der Waals surface area contributed by atoms with E-state index in [2.05, 4.69) is 50.1 Å². The minimum Gasteiger partial charge on any atom is -0.310 e. The molecule has 0 atom stereocenters. The van der Waals surface area contributed by atoms with E-state index in [0.29, 0.717) is 16.9 Å². The van der Waals surface area contributed by atoms with Crippen LogP contribution in [0.4, 0.5) is 0 Å². The third kappa shape index (κ3) is 3.81. The van der Waals surface area contributed by atoms with Crippen molar-refractivity contribution in [2.24, 2.45) is 10.8 Å². The third-order valence-electron chi connectivity index (χ3n) is 3.90. The predicted molar refractivity (Wildman–Crippen MR) is 76.3 cm³/mol. The van der Waals surface area contributed by atoms with Crippen LogP contribution in [0.3, 0.4) is 0 Å². The highest BCUT2D eigenvalue weighted by molar-refractivity contribution is 5.09. The first kappa shape index (κ1) is 13.5. The Bertz CT molecular complexity index is 365. The molecule has 1 aliphatic carbocycles. The van der Waals surface area contributed by atoms with E-state index in [9.17, 15) is 0 Å². The van der Waals surface area contributed by atoms with Crippen molar-refractivity contribution in [2.75, 3.05) is 0 Å². The zero-order valence-corrected chi connectivity index (χ0v) is 12.2. The van der Waals surface area contributed by atoms with Crippen molar-refractivity contribution >= 4 is 0 Å². The Balaban J connectivity index is 1.93. The summed E-state index contributed by atoms with van der Waals surface area (Å²) in [4.78, 5) is 4.06. The second-order valence-electron chi connectivity index (χ2n) is 7.35. The second kappa shape index (κ2) is 5.00. The van der Waals surface area contributed by atoms with E-state index in [1.807, 2.05) is 12.4 Å². The van der Waals surface area contributed by atoms with Gasteiger partial charge in [-0.15, -0.1) is 0 Å². The average Bonchev–Trinajstić information content (AvgIpc) is 2.24. The van der Waals surface area contributed by atoms with Crippen molar-refractivity contribution in [2.45, 2.75) is 59.5 Å². The molecule has 1 aliphatic rings. The van der Waals surface area contributed by atoms with E-state index in [1.165, 1.54) is 24.8 Å². The summed E-state index contributed by atoms with van der Waals surface area (Å²) in [6.07, 6.45) is 7.62. The van der Waals surface area contributed by atoms with Crippen LogP contribution < -0.4 is 5.32 Å². The van der Waals surface area contributed by atoms with Gasteiger partial charge >= 0.3 is 0 Å². The Morgan fingerprint density at radius 2 is 1.67 bits per heavy atom. The Kier molecular flexibility index (Phi) is 3.76. The van der Waals surface area contributed by atoms with Gasteiger partial charge in [0.1, 0.15) is 0 Å². The minimum absolute atomic E-state index is 0.456. The average molecular weight is 246 g/mol. The Morgan fingerprint density at radius 3 is 2.22 bits per heavy atom. The van der Waals surface area contributed by atoms with E-state index < -0.39 is 0 Å². The van der Waals surface area contributed by atoms with Crippen LogP contribution >= 0.6 is 0 Å². The number of aromatic nitrogens is 1. The number of hydrogen-bond acceptors (Lipinski definition) is 2. The Labute approximate surface area is 111 Å². The van der Waals surface area contributed by atoms with Gasteiger partial charge in [0, 0.05) is 25.0 Å². The number of hydrogen-bond donors (Lipinski definition) is 1. The number of rotatable bonds is 3. The SMILES string of the molecule is CC1(C)CC(NCc2ccncc2)CC(C)(C)C1. The molecule has 0 aliphatic heterocycles. The molecule has 1 saturated carbocycles. The molecule has 0 amide bonds. The summed E-state index contributed by atoms with van der Waals surface area (Å²) in [6.45, 7) is 10.5. The molecule has 2 rings (SSSR count). The topological polar surface area (TPSA) is 24.9 Å². The highest BCUT2D eigenvalue weighted by Crippen LogP contribution is 2.45. The van der Waals surface area contributed by atoms with Crippen molar-refractivity contribution in [3.8, 4) is 0 Å². The van der Waals surface area contributed by atoms with Gasteiger partial charge in [-0.3, -0.25) is 4.98 Å². The number of nitrogens with one attached hydrogen (secondary N) is 1. The van der Waals surface area contributed by atoms with E-state index in [-0.39, 0.29) is 0 Å². The maximum absolute atomic E-state index is 4.06. The molecular formula is C16H26N2. The molecule has 0 saturated heterocycles. The van der Waals surface area contributed by atoms with E-state index in [1.54, 1.807) is 0 Å². The fourth-order valence-electron chi connectivity index (χ4n) is 3.75. The van der Waals surface area contributed by atoms with Crippen LogP contribution in [0, 0.1) is 10.8 Å². The van der Waals surface area contributed by atoms with Gasteiger partial charge in [-0.05, 0) is 47.8 Å². The zero-order valence-electron chi connectivity index (χ0n) is 12.2. The van der Waals surface area contributed by atoms with E-state index in [4.69, 9.17) is 0 Å². The molecule has 0 unspecified atom stereocenters. The second-order valence-corrected chi connectivity index (χ2v) is 7.35. The minimum atomic E-state index is 0.456. The van der Waals surface area contributed by atoms with Crippen LogP contribution in [0.5, 0.6) is 0 Å². The van der Waals surface area contributed by atoms with Gasteiger partial charge in [0.25, 0.3) is 0 Å². The highest BCUT2D eigenvalue weighted by Gasteiger charge is 2.37. The highest BCUT2D eigenvalue weighted by atomic mass is 14.9. The molecular weight excluding hydrogens is 220 g/mol. The summed E-state index contributed by atoms with van der Waals surface area (Å²) in [7, 11) is 0. The van der Waals surface area contributed by atoms with Gasteiger partial charge in [0.05, 0.1) is 0 Å². The lowest BCUT2D eigenvalue weighted by molar-refractivity contribution is 0.0845. The molecule has 0 spiro atoms. The number of nitrogens with zero attached hydrogens (tertiary/aromatic N) is 1. The molecule has 1 fully saturated rings. The summed E-state index contributed by atoms with van der Waals surface area (Å²) in [5.41, 5.74) is 2.24. The predicted octanol–water partition coefficient (Wildman–Crippen LogP) is 3.78. The number of pyridine rings is 1. The fourth-order valence-corrected chi connectivity index (χ4v) is 3.75. The summed E-state index contributed by atoms with van der Waals surface area (Å²) >= 11 is 0. The standard InChI is InChI=1S/C16H26N2/c1-15(2)9-14(10-16(3,4)12-15)18-11-13-5-7-17-8-6-13/h5-8,14,18H,9-12H2,1-4H3. The molecule has 1 aromatic heterocycles. The third-order valence-corrected chi connectivity index (χ3v) is 3.90. The van der Waals surface area contributed by atoms with Crippen molar-refractivity contribution in [3.05, 3.63) is 30.1 Å². The van der Waals surface area contributed by atoms with Crippen molar-refractivity contribution < 1.29 is 0 Å². The Morgan fingerprint density at radius 1 is 1.11 bits per heavy atom. The molecule has 2 heteroatoms. The maximum Gasteiger partial charge on any atom is 0.0271 e. The van der Waals surface area contributed by atoms with Crippen molar-refractivity contribution in [1.82, 2.24) is 10.3 Å². The molecule has 1 N–H and O–H groups in total. The first-order valence-corrected chi connectivity index (χ1v) is 6.99. The largest absolute Gasteiger partial charge is 0.310 e. The first-order chi connectivity index (χ1) is 8.36. The summed E-state index contributed by atoms with van der Waals surface area (Å²) in [5.74, 6) is 0. The van der Waals surface area contributed by atoms with Crippen LogP contribution in [0.1, 0.15) is 52.5 Å². The lowest BCUT2D eigenvalue weighted by Gasteiger charge is -2.45. The molecule has 0 radical (unpaired) electrons. The van der Waals surface area contributed by atoms with Gasteiger partial charge in [-0.1, -0.05) is 27.7 Å². The monoisotopic (exact) mass is 246 g/mol. The van der Waals surface area contributed by atoms with Crippen LogP contribution in [0.2, 0.25) is 0 Å². The molecule has 2 nitrogen and oxygen atoms in total. The first-order valence-electron chi connectivity index (χ1n) is 6.99. The van der Waals surface area contributed by atoms with Gasteiger partial charge in [-0.2, -0.15) is 0 Å². The van der Waals surface area contributed by atoms with Gasteiger partial charge in [0.2, 0.25) is 0 Å².